The molecule has 0 saturated heterocycles. The van der Waals surface area contributed by atoms with Crippen LogP contribution < -0.4 is 10.6 Å². The fourth-order valence-electron chi connectivity index (χ4n) is 2.51. The first-order valence-corrected chi connectivity index (χ1v) is 9.02. The van der Waals surface area contributed by atoms with Crippen molar-refractivity contribution >= 4 is 34.9 Å². The van der Waals surface area contributed by atoms with Gasteiger partial charge in [0.05, 0.1) is 28.1 Å². The highest BCUT2D eigenvalue weighted by molar-refractivity contribution is 6.42. The van der Waals surface area contributed by atoms with Crippen molar-refractivity contribution in [3.8, 4) is 5.82 Å². The van der Waals surface area contributed by atoms with Crippen molar-refractivity contribution < 1.29 is 4.79 Å². The Morgan fingerprint density at radius 2 is 1.93 bits per heavy atom. The molecule has 0 fully saturated rings. The number of nitrogens with zero attached hydrogens (tertiary/aromatic N) is 4. The van der Waals surface area contributed by atoms with Crippen LogP contribution in [0.25, 0.3) is 5.82 Å². The van der Waals surface area contributed by atoms with Crippen LogP contribution in [-0.2, 0) is 0 Å². The van der Waals surface area contributed by atoms with E-state index in [9.17, 15) is 4.79 Å². The van der Waals surface area contributed by atoms with Gasteiger partial charge in [-0.2, -0.15) is 5.10 Å². The molecular formula is C18H18Cl2N6O. The van der Waals surface area contributed by atoms with Gasteiger partial charge in [0.25, 0.3) is 5.91 Å². The predicted molar refractivity (Wildman–Crippen MR) is 106 cm³/mol. The van der Waals surface area contributed by atoms with E-state index >= 15 is 0 Å². The van der Waals surface area contributed by atoms with Crippen molar-refractivity contribution in [1.29, 1.82) is 0 Å². The van der Waals surface area contributed by atoms with Gasteiger partial charge in [-0.05, 0) is 38.1 Å². The van der Waals surface area contributed by atoms with Gasteiger partial charge in [0, 0.05) is 24.3 Å². The second-order valence-corrected chi connectivity index (χ2v) is 6.73. The molecule has 0 spiro atoms. The number of amides is 1. The molecule has 0 saturated carbocycles. The Morgan fingerprint density at radius 1 is 1.11 bits per heavy atom. The van der Waals surface area contributed by atoms with Crippen molar-refractivity contribution in [3.63, 3.8) is 0 Å². The Kier molecular flexibility index (Phi) is 5.93. The van der Waals surface area contributed by atoms with Crippen molar-refractivity contribution in [2.24, 2.45) is 0 Å². The highest BCUT2D eigenvalue weighted by Crippen LogP contribution is 2.22. The number of halogens is 2. The number of aromatic nitrogens is 4. The van der Waals surface area contributed by atoms with Crippen LogP contribution in [0.3, 0.4) is 0 Å². The van der Waals surface area contributed by atoms with Gasteiger partial charge >= 0.3 is 0 Å². The number of benzene rings is 1. The summed E-state index contributed by atoms with van der Waals surface area (Å²) in [4.78, 5) is 20.8. The van der Waals surface area contributed by atoms with E-state index in [1.54, 1.807) is 29.2 Å². The number of rotatable bonds is 6. The molecule has 0 unspecified atom stereocenters. The lowest BCUT2D eigenvalue weighted by Gasteiger charge is -2.09. The molecule has 1 amide bonds. The molecule has 0 aliphatic rings. The van der Waals surface area contributed by atoms with Gasteiger partial charge in [-0.25, -0.2) is 9.67 Å². The summed E-state index contributed by atoms with van der Waals surface area (Å²) in [5.74, 6) is 1.01. The van der Waals surface area contributed by atoms with Crippen LogP contribution in [0.1, 0.15) is 21.7 Å². The number of nitrogens with one attached hydrogen (secondary N) is 2. The summed E-state index contributed by atoms with van der Waals surface area (Å²) in [6.45, 7) is 4.78. The Labute approximate surface area is 166 Å². The van der Waals surface area contributed by atoms with Crippen LogP contribution in [0.5, 0.6) is 0 Å². The fraction of sp³-hybridized carbons (Fsp3) is 0.222. The minimum Gasteiger partial charge on any atom is -0.367 e. The minimum absolute atomic E-state index is 0.224. The van der Waals surface area contributed by atoms with Crippen molar-refractivity contribution in [2.75, 3.05) is 18.4 Å². The van der Waals surface area contributed by atoms with Crippen LogP contribution in [0.4, 0.5) is 5.82 Å². The van der Waals surface area contributed by atoms with Crippen LogP contribution in [-0.4, -0.2) is 38.7 Å². The van der Waals surface area contributed by atoms with Gasteiger partial charge in [0.2, 0.25) is 0 Å². The largest absolute Gasteiger partial charge is 0.367 e. The van der Waals surface area contributed by atoms with Crippen LogP contribution in [0.2, 0.25) is 10.0 Å². The standard InChI is InChI=1S/C18H18Cl2N6O/c1-11-7-12(2)26(25-11)17-10-21-9-16(24-17)22-5-6-23-18(27)13-3-4-14(19)15(20)8-13/h3-4,7-10H,5-6H2,1-2H3,(H,22,24)(H,23,27). The molecule has 0 radical (unpaired) electrons. The number of hydrogen-bond donors (Lipinski definition) is 2. The van der Waals surface area contributed by atoms with E-state index in [1.165, 1.54) is 6.07 Å². The zero-order valence-corrected chi connectivity index (χ0v) is 16.3. The summed E-state index contributed by atoms with van der Waals surface area (Å²) in [6, 6.07) is 6.73. The first-order chi connectivity index (χ1) is 12.9. The number of hydrogen-bond acceptors (Lipinski definition) is 5. The summed E-state index contributed by atoms with van der Waals surface area (Å²) in [6.07, 6.45) is 3.27. The highest BCUT2D eigenvalue weighted by Gasteiger charge is 2.08. The molecule has 140 valence electrons. The quantitative estimate of drug-likeness (QED) is 0.614. The molecule has 27 heavy (non-hydrogen) atoms. The van der Waals surface area contributed by atoms with E-state index in [4.69, 9.17) is 23.2 Å². The maximum atomic E-state index is 12.1. The number of anilines is 1. The van der Waals surface area contributed by atoms with Crippen LogP contribution >= 0.6 is 23.2 Å². The zero-order valence-electron chi connectivity index (χ0n) is 14.8. The molecule has 7 nitrogen and oxygen atoms in total. The number of carbonyl (C=O) groups excluding carboxylic acids is 1. The first-order valence-electron chi connectivity index (χ1n) is 8.27. The van der Waals surface area contributed by atoms with E-state index in [0.29, 0.717) is 40.3 Å². The molecule has 1 aromatic carbocycles. The van der Waals surface area contributed by atoms with Gasteiger partial charge in [-0.3, -0.25) is 9.78 Å². The van der Waals surface area contributed by atoms with E-state index in [-0.39, 0.29) is 5.91 Å². The lowest BCUT2D eigenvalue weighted by Crippen LogP contribution is -2.29. The summed E-state index contributed by atoms with van der Waals surface area (Å²) in [7, 11) is 0. The molecule has 0 bridgehead atoms. The lowest BCUT2D eigenvalue weighted by atomic mass is 10.2. The van der Waals surface area contributed by atoms with Crippen LogP contribution in [0.15, 0.2) is 36.7 Å². The average Bonchev–Trinajstić information content (AvgIpc) is 2.99. The van der Waals surface area contributed by atoms with Crippen molar-refractivity contribution in [2.45, 2.75) is 13.8 Å². The molecule has 0 atom stereocenters. The summed E-state index contributed by atoms with van der Waals surface area (Å²) >= 11 is 11.8. The van der Waals surface area contributed by atoms with E-state index in [1.807, 2.05) is 19.9 Å². The fourth-order valence-corrected chi connectivity index (χ4v) is 2.81. The van der Waals surface area contributed by atoms with Crippen LogP contribution in [0, 0.1) is 13.8 Å². The number of carbonyl (C=O) groups is 1. The van der Waals surface area contributed by atoms with Gasteiger partial charge in [0.1, 0.15) is 5.82 Å². The molecule has 0 aliphatic heterocycles. The molecule has 3 rings (SSSR count). The third-order valence-corrected chi connectivity index (χ3v) is 4.49. The van der Waals surface area contributed by atoms with Gasteiger partial charge in [0.15, 0.2) is 5.82 Å². The molecule has 9 heteroatoms. The normalized spacial score (nSPS) is 10.7. The summed E-state index contributed by atoms with van der Waals surface area (Å²) < 4.78 is 1.74. The smallest absolute Gasteiger partial charge is 0.251 e. The molecule has 2 N–H and O–H groups in total. The van der Waals surface area contributed by atoms with Gasteiger partial charge < -0.3 is 10.6 Å². The third-order valence-electron chi connectivity index (χ3n) is 3.75. The lowest BCUT2D eigenvalue weighted by molar-refractivity contribution is 0.0955. The Balaban J connectivity index is 1.55. The zero-order chi connectivity index (χ0) is 19.4. The maximum Gasteiger partial charge on any atom is 0.251 e. The molecular weight excluding hydrogens is 387 g/mol. The SMILES string of the molecule is Cc1cc(C)n(-c2cncc(NCCNC(=O)c3ccc(Cl)c(Cl)c3)n2)n1. The molecule has 2 heterocycles. The Hall–Kier alpha value is -2.64. The molecule has 0 aliphatic carbocycles. The highest BCUT2D eigenvalue weighted by atomic mass is 35.5. The summed E-state index contributed by atoms with van der Waals surface area (Å²) in [5, 5.41) is 11.1. The monoisotopic (exact) mass is 404 g/mol. The molecule has 3 aromatic rings. The number of aryl methyl sites for hydroxylation is 2. The Bertz CT molecular complexity index is 972. The second kappa shape index (κ2) is 8.37. The van der Waals surface area contributed by atoms with Gasteiger partial charge in [-0.1, -0.05) is 23.2 Å². The van der Waals surface area contributed by atoms with Gasteiger partial charge in [-0.15, -0.1) is 0 Å². The molecule has 2 aromatic heterocycles. The average molecular weight is 405 g/mol. The third kappa shape index (κ3) is 4.75. The van der Waals surface area contributed by atoms with E-state index in [0.717, 1.165) is 11.4 Å². The van der Waals surface area contributed by atoms with E-state index < -0.39 is 0 Å². The predicted octanol–water partition coefficient (Wildman–Crippen LogP) is 3.43. The topological polar surface area (TPSA) is 84.7 Å². The van der Waals surface area contributed by atoms with E-state index in [2.05, 4.69) is 25.7 Å². The van der Waals surface area contributed by atoms with Crippen molar-refractivity contribution in [3.05, 3.63) is 63.7 Å². The Morgan fingerprint density at radius 3 is 2.63 bits per heavy atom. The van der Waals surface area contributed by atoms with Crippen molar-refractivity contribution in [1.82, 2.24) is 25.1 Å². The second-order valence-electron chi connectivity index (χ2n) is 5.91. The first kappa shape index (κ1) is 19.1. The maximum absolute atomic E-state index is 12.1. The minimum atomic E-state index is -0.224. The summed E-state index contributed by atoms with van der Waals surface area (Å²) in [5.41, 5.74) is 2.35.